The summed E-state index contributed by atoms with van der Waals surface area (Å²) in [5, 5.41) is 8.80. The summed E-state index contributed by atoms with van der Waals surface area (Å²) in [5.41, 5.74) is 2.34. The molecule has 0 bridgehead atoms. The van der Waals surface area contributed by atoms with Crippen LogP contribution in [0.15, 0.2) is 18.0 Å². The predicted molar refractivity (Wildman–Crippen MR) is 52.7 cm³/mol. The lowest BCUT2D eigenvalue weighted by Crippen LogP contribution is -2.02. The molecule has 0 spiro atoms. The van der Waals surface area contributed by atoms with Crippen LogP contribution in [0.1, 0.15) is 25.2 Å². The van der Waals surface area contributed by atoms with Gasteiger partial charge in [-0.1, -0.05) is 0 Å². The zero-order valence-corrected chi connectivity index (χ0v) is 8.40. The van der Waals surface area contributed by atoms with E-state index in [0.29, 0.717) is 16.8 Å². The van der Waals surface area contributed by atoms with Crippen molar-refractivity contribution in [2.45, 2.75) is 20.8 Å². The molecule has 1 rings (SSSR count). The Morgan fingerprint density at radius 3 is 2.36 bits per heavy atom. The number of carbonyl (C=O) groups is 1. The Bertz CT molecular complexity index is 397. The van der Waals surface area contributed by atoms with Crippen LogP contribution in [0, 0.1) is 6.92 Å². The smallest absolute Gasteiger partial charge is 0.331 e. The Morgan fingerprint density at radius 2 is 1.86 bits per heavy atom. The summed E-state index contributed by atoms with van der Waals surface area (Å²) in [7, 11) is 0. The van der Waals surface area contributed by atoms with Gasteiger partial charge in [0.15, 0.2) is 0 Å². The fourth-order valence-electron chi connectivity index (χ4n) is 1.11. The molecule has 14 heavy (non-hydrogen) atoms. The average Bonchev–Trinajstić information content (AvgIpc) is 2.16. The van der Waals surface area contributed by atoms with E-state index < -0.39 is 5.97 Å². The van der Waals surface area contributed by atoms with E-state index in [-0.39, 0.29) is 0 Å². The van der Waals surface area contributed by atoms with E-state index in [4.69, 9.17) is 5.11 Å². The van der Waals surface area contributed by atoms with Crippen molar-refractivity contribution in [1.82, 2.24) is 9.97 Å². The van der Waals surface area contributed by atoms with E-state index >= 15 is 0 Å². The third-order valence-electron chi connectivity index (χ3n) is 2.12. The molecule has 0 aliphatic heterocycles. The van der Waals surface area contributed by atoms with Crippen molar-refractivity contribution in [3.63, 3.8) is 0 Å². The summed E-state index contributed by atoms with van der Waals surface area (Å²) in [6, 6.07) is 0. The van der Waals surface area contributed by atoms with Gasteiger partial charge in [0.05, 0.1) is 11.4 Å². The number of allylic oxidation sites excluding steroid dienone is 1. The Balaban J connectivity index is 3.25. The lowest BCUT2D eigenvalue weighted by Gasteiger charge is -2.05. The first kappa shape index (κ1) is 10.4. The fraction of sp³-hybridized carbons (Fsp3) is 0.300. The average molecular weight is 192 g/mol. The molecular formula is C10H12N2O2. The second-order valence-corrected chi connectivity index (χ2v) is 3.05. The molecule has 1 aromatic heterocycles. The van der Waals surface area contributed by atoms with Crippen LogP contribution in [-0.4, -0.2) is 21.0 Å². The van der Waals surface area contributed by atoms with Gasteiger partial charge in [-0.05, 0) is 26.3 Å². The minimum Gasteiger partial charge on any atom is -0.478 e. The van der Waals surface area contributed by atoms with Crippen LogP contribution in [0.3, 0.4) is 0 Å². The first-order valence-electron chi connectivity index (χ1n) is 4.22. The van der Waals surface area contributed by atoms with Gasteiger partial charge in [-0.15, -0.1) is 0 Å². The maximum absolute atomic E-state index is 10.7. The van der Waals surface area contributed by atoms with E-state index in [2.05, 4.69) is 9.97 Å². The highest BCUT2D eigenvalue weighted by atomic mass is 16.4. The summed E-state index contributed by atoms with van der Waals surface area (Å²) in [6.07, 6.45) is 3.14. The van der Waals surface area contributed by atoms with Crippen molar-refractivity contribution in [1.29, 1.82) is 0 Å². The van der Waals surface area contributed by atoms with E-state index in [0.717, 1.165) is 5.69 Å². The van der Waals surface area contributed by atoms with Crippen LogP contribution >= 0.6 is 0 Å². The molecule has 74 valence electrons. The van der Waals surface area contributed by atoms with Crippen molar-refractivity contribution in [2.24, 2.45) is 0 Å². The molecule has 1 N–H and O–H groups in total. The second-order valence-electron chi connectivity index (χ2n) is 3.05. The normalized spacial score (nSPS) is 12.2. The summed E-state index contributed by atoms with van der Waals surface area (Å²) in [5.74, 6) is -0.924. The third-order valence-corrected chi connectivity index (χ3v) is 2.12. The minimum atomic E-state index is -0.924. The molecule has 4 nitrogen and oxygen atoms in total. The van der Waals surface area contributed by atoms with Crippen LogP contribution in [0.25, 0.3) is 5.57 Å². The largest absolute Gasteiger partial charge is 0.478 e. The third kappa shape index (κ3) is 1.96. The monoisotopic (exact) mass is 192 g/mol. The van der Waals surface area contributed by atoms with Crippen LogP contribution < -0.4 is 0 Å². The number of hydrogen-bond donors (Lipinski definition) is 1. The topological polar surface area (TPSA) is 63.1 Å². The highest BCUT2D eigenvalue weighted by Crippen LogP contribution is 2.17. The highest BCUT2D eigenvalue weighted by Gasteiger charge is 2.10. The number of aryl methyl sites for hydroxylation is 1. The molecule has 0 aliphatic carbocycles. The van der Waals surface area contributed by atoms with Crippen molar-refractivity contribution < 1.29 is 9.90 Å². The quantitative estimate of drug-likeness (QED) is 0.724. The molecule has 1 aromatic rings. The van der Waals surface area contributed by atoms with Gasteiger partial charge in [0, 0.05) is 18.0 Å². The number of carboxylic acid groups (broad SMARTS) is 1. The molecule has 0 fully saturated rings. The van der Waals surface area contributed by atoms with Gasteiger partial charge in [0.1, 0.15) is 0 Å². The molecule has 0 atom stereocenters. The number of hydrogen-bond acceptors (Lipinski definition) is 3. The van der Waals surface area contributed by atoms with Crippen LogP contribution in [0.4, 0.5) is 0 Å². The zero-order valence-electron chi connectivity index (χ0n) is 8.40. The van der Waals surface area contributed by atoms with E-state index in [1.165, 1.54) is 0 Å². The molecule has 0 saturated heterocycles. The Labute approximate surface area is 82.3 Å². The Hall–Kier alpha value is -1.71. The number of carboxylic acids is 1. The maximum Gasteiger partial charge on any atom is 0.331 e. The van der Waals surface area contributed by atoms with Gasteiger partial charge in [-0.25, -0.2) is 4.79 Å². The zero-order chi connectivity index (χ0) is 10.7. The number of nitrogens with zero attached hydrogens (tertiary/aromatic N) is 2. The van der Waals surface area contributed by atoms with Crippen LogP contribution in [-0.2, 0) is 4.79 Å². The van der Waals surface area contributed by atoms with Gasteiger partial charge >= 0.3 is 5.97 Å². The maximum atomic E-state index is 10.7. The van der Waals surface area contributed by atoms with Crippen LogP contribution in [0.5, 0.6) is 0 Å². The Morgan fingerprint density at radius 1 is 1.29 bits per heavy atom. The SMILES string of the molecule is C/C(C(=O)O)=C(/C)c1nccnc1C. The minimum absolute atomic E-state index is 0.300. The van der Waals surface area contributed by atoms with Crippen molar-refractivity contribution in [2.75, 3.05) is 0 Å². The second kappa shape index (κ2) is 4.00. The van der Waals surface area contributed by atoms with Gasteiger partial charge in [-0.3, -0.25) is 9.97 Å². The van der Waals surface area contributed by atoms with Gasteiger partial charge in [0.25, 0.3) is 0 Å². The highest BCUT2D eigenvalue weighted by molar-refractivity contribution is 5.95. The van der Waals surface area contributed by atoms with Crippen molar-refractivity contribution in [3.8, 4) is 0 Å². The molecule has 0 aliphatic rings. The molecule has 0 radical (unpaired) electrons. The first-order chi connectivity index (χ1) is 6.54. The molecule has 0 amide bonds. The van der Waals surface area contributed by atoms with Gasteiger partial charge < -0.3 is 5.11 Å². The molecule has 1 heterocycles. The predicted octanol–water partition coefficient (Wildman–Crippen LogP) is 1.66. The lowest BCUT2D eigenvalue weighted by atomic mass is 10.1. The number of rotatable bonds is 2. The van der Waals surface area contributed by atoms with Crippen molar-refractivity contribution >= 4 is 11.5 Å². The first-order valence-corrected chi connectivity index (χ1v) is 4.22. The number of aromatic nitrogens is 2. The fourth-order valence-corrected chi connectivity index (χ4v) is 1.11. The summed E-state index contributed by atoms with van der Waals surface area (Å²) < 4.78 is 0. The standard InChI is InChI=1S/C10H12N2O2/c1-6(7(2)10(13)14)9-8(3)11-4-5-12-9/h4-5H,1-3H3,(H,13,14)/b7-6+. The van der Waals surface area contributed by atoms with E-state index in [9.17, 15) is 4.79 Å². The lowest BCUT2D eigenvalue weighted by molar-refractivity contribution is -0.132. The molecule has 4 heteroatoms. The summed E-state index contributed by atoms with van der Waals surface area (Å²) in [4.78, 5) is 18.9. The van der Waals surface area contributed by atoms with E-state index in [1.54, 1.807) is 33.2 Å². The summed E-state index contributed by atoms with van der Waals surface area (Å²) >= 11 is 0. The number of aliphatic carboxylic acids is 1. The molecule has 0 unspecified atom stereocenters. The van der Waals surface area contributed by atoms with E-state index in [1.807, 2.05) is 0 Å². The Kier molecular flexibility index (Phi) is 2.96. The van der Waals surface area contributed by atoms with Crippen molar-refractivity contribution in [3.05, 3.63) is 29.4 Å². The molecule has 0 saturated carbocycles. The van der Waals surface area contributed by atoms with Gasteiger partial charge in [-0.2, -0.15) is 0 Å². The molecule has 0 aromatic carbocycles. The van der Waals surface area contributed by atoms with Crippen LogP contribution in [0.2, 0.25) is 0 Å². The molecular weight excluding hydrogens is 180 g/mol. The summed E-state index contributed by atoms with van der Waals surface area (Å²) in [6.45, 7) is 5.10. The van der Waals surface area contributed by atoms with Gasteiger partial charge in [0.2, 0.25) is 0 Å².